The van der Waals surface area contributed by atoms with Gasteiger partial charge in [-0.3, -0.25) is 4.31 Å². The van der Waals surface area contributed by atoms with Gasteiger partial charge in [-0.1, -0.05) is 51.1 Å². The third kappa shape index (κ3) is 3.02. The lowest BCUT2D eigenvalue weighted by Gasteiger charge is -2.25. The number of benzene rings is 2. The van der Waals surface area contributed by atoms with Crippen LogP contribution in [0.25, 0.3) is 0 Å². The predicted molar refractivity (Wildman–Crippen MR) is 96.4 cm³/mol. The highest BCUT2D eigenvalue weighted by atomic mass is 32.2. The molecule has 0 radical (unpaired) electrons. The Morgan fingerprint density at radius 3 is 2.24 bits per heavy atom. The largest absolute Gasteiger partial charge is 0.480 e. The maximum atomic E-state index is 13.1. The molecule has 0 aromatic heterocycles. The molecule has 132 valence electrons. The van der Waals surface area contributed by atoms with Gasteiger partial charge in [0, 0.05) is 6.42 Å². The number of nitrogens with zero attached hydrogens (tertiary/aromatic N) is 1. The minimum Gasteiger partial charge on any atom is -0.480 e. The van der Waals surface area contributed by atoms with Crippen LogP contribution in [0.4, 0.5) is 5.69 Å². The topological polar surface area (TPSA) is 74.7 Å². The molecule has 0 unspecified atom stereocenters. The van der Waals surface area contributed by atoms with E-state index in [1.54, 1.807) is 48.5 Å². The van der Waals surface area contributed by atoms with Crippen LogP contribution in [0.3, 0.4) is 0 Å². The molecule has 0 saturated carbocycles. The van der Waals surface area contributed by atoms with Crippen molar-refractivity contribution in [2.45, 2.75) is 43.5 Å². The zero-order valence-electron chi connectivity index (χ0n) is 14.4. The number of hydrogen-bond donors (Lipinski definition) is 1. The highest BCUT2D eigenvalue weighted by Gasteiger charge is 2.42. The first-order valence-electron chi connectivity index (χ1n) is 8.08. The van der Waals surface area contributed by atoms with Gasteiger partial charge in [0.15, 0.2) is 0 Å². The van der Waals surface area contributed by atoms with Gasteiger partial charge in [0.25, 0.3) is 10.0 Å². The number of aliphatic carboxylic acids is 1. The van der Waals surface area contributed by atoms with Crippen LogP contribution in [0.15, 0.2) is 53.4 Å². The Hall–Kier alpha value is -2.34. The highest BCUT2D eigenvalue weighted by Crippen LogP contribution is 2.37. The van der Waals surface area contributed by atoms with Gasteiger partial charge in [0.1, 0.15) is 6.04 Å². The van der Waals surface area contributed by atoms with E-state index >= 15 is 0 Å². The predicted octanol–water partition coefficient (Wildman–Crippen LogP) is 3.19. The molecule has 1 aliphatic rings. The van der Waals surface area contributed by atoms with Gasteiger partial charge in [0.2, 0.25) is 0 Å². The van der Waals surface area contributed by atoms with E-state index in [9.17, 15) is 18.3 Å². The molecule has 1 atom stereocenters. The zero-order chi connectivity index (χ0) is 18.4. The Morgan fingerprint density at radius 1 is 1.08 bits per heavy atom. The smallest absolute Gasteiger partial charge is 0.327 e. The number of carboxylic acid groups (broad SMARTS) is 1. The maximum absolute atomic E-state index is 13.1. The minimum atomic E-state index is -3.96. The summed E-state index contributed by atoms with van der Waals surface area (Å²) in [5.74, 6) is -1.15. The summed E-state index contributed by atoms with van der Waals surface area (Å²) in [5, 5.41) is 9.51. The van der Waals surface area contributed by atoms with Crippen molar-refractivity contribution in [2.24, 2.45) is 0 Å². The summed E-state index contributed by atoms with van der Waals surface area (Å²) in [5.41, 5.74) is 2.09. The fourth-order valence-electron chi connectivity index (χ4n) is 3.08. The lowest BCUT2D eigenvalue weighted by molar-refractivity contribution is -0.138. The van der Waals surface area contributed by atoms with Crippen LogP contribution in [-0.4, -0.2) is 25.5 Å². The average Bonchev–Trinajstić information content (AvgIpc) is 2.94. The van der Waals surface area contributed by atoms with Crippen molar-refractivity contribution in [3.8, 4) is 0 Å². The van der Waals surface area contributed by atoms with Gasteiger partial charge in [-0.2, -0.15) is 0 Å². The van der Waals surface area contributed by atoms with Gasteiger partial charge in [-0.05, 0) is 34.7 Å². The quantitative estimate of drug-likeness (QED) is 0.913. The fraction of sp³-hybridized carbons (Fsp3) is 0.316. The second-order valence-corrected chi connectivity index (χ2v) is 9.08. The molecule has 3 rings (SSSR count). The number of para-hydroxylation sites is 1. The molecule has 0 saturated heterocycles. The van der Waals surface area contributed by atoms with Crippen molar-refractivity contribution in [3.63, 3.8) is 0 Å². The first-order chi connectivity index (χ1) is 11.6. The third-order valence-electron chi connectivity index (χ3n) is 4.49. The van der Waals surface area contributed by atoms with Crippen LogP contribution in [0.5, 0.6) is 0 Å². The Morgan fingerprint density at radius 2 is 1.68 bits per heavy atom. The number of carbonyl (C=O) groups is 1. The molecule has 1 heterocycles. The number of sulfonamides is 1. The molecule has 1 aliphatic heterocycles. The van der Waals surface area contributed by atoms with Gasteiger partial charge < -0.3 is 5.11 Å². The number of carboxylic acids is 1. The van der Waals surface area contributed by atoms with Crippen molar-refractivity contribution in [1.29, 1.82) is 0 Å². The van der Waals surface area contributed by atoms with Crippen LogP contribution in [0.1, 0.15) is 31.9 Å². The molecule has 5 nitrogen and oxygen atoms in total. The molecular weight excluding hydrogens is 338 g/mol. The molecule has 6 heteroatoms. The van der Waals surface area contributed by atoms with Gasteiger partial charge in [-0.15, -0.1) is 0 Å². The molecule has 2 aromatic carbocycles. The molecule has 0 spiro atoms. The Balaban J connectivity index is 2.08. The Bertz CT molecular complexity index is 911. The Labute approximate surface area is 148 Å². The van der Waals surface area contributed by atoms with E-state index in [4.69, 9.17) is 0 Å². The molecule has 0 amide bonds. The van der Waals surface area contributed by atoms with E-state index in [-0.39, 0.29) is 16.7 Å². The van der Waals surface area contributed by atoms with Crippen LogP contribution >= 0.6 is 0 Å². The number of fused-ring (bicyclic) bond motifs is 1. The number of anilines is 1. The lowest BCUT2D eigenvalue weighted by atomic mass is 9.87. The molecular formula is C19H21NO4S. The van der Waals surface area contributed by atoms with E-state index in [0.29, 0.717) is 5.69 Å². The second kappa shape index (κ2) is 5.88. The maximum Gasteiger partial charge on any atom is 0.327 e. The van der Waals surface area contributed by atoms with E-state index in [1.807, 2.05) is 20.8 Å². The molecule has 0 fully saturated rings. The molecule has 1 N–H and O–H groups in total. The molecule has 25 heavy (non-hydrogen) atoms. The van der Waals surface area contributed by atoms with Crippen LogP contribution in [0.2, 0.25) is 0 Å². The van der Waals surface area contributed by atoms with Crippen LogP contribution in [0, 0.1) is 0 Å². The number of rotatable bonds is 3. The van der Waals surface area contributed by atoms with Crippen molar-refractivity contribution >= 4 is 21.7 Å². The SMILES string of the molecule is CC(C)(C)c1ccc(S(=O)(=O)N2c3ccccc3C[C@H]2C(=O)O)cc1. The van der Waals surface area contributed by atoms with E-state index in [1.165, 1.54) is 0 Å². The zero-order valence-corrected chi connectivity index (χ0v) is 15.2. The van der Waals surface area contributed by atoms with Gasteiger partial charge in [0.05, 0.1) is 10.6 Å². The first kappa shape index (κ1) is 17.5. The normalized spacial score (nSPS) is 17.4. The summed E-state index contributed by atoms with van der Waals surface area (Å²) in [6, 6.07) is 12.5. The van der Waals surface area contributed by atoms with Gasteiger partial charge in [-0.25, -0.2) is 13.2 Å². The second-order valence-electron chi connectivity index (χ2n) is 7.26. The molecule has 0 bridgehead atoms. The summed E-state index contributed by atoms with van der Waals surface area (Å²) >= 11 is 0. The highest BCUT2D eigenvalue weighted by molar-refractivity contribution is 7.93. The average molecular weight is 359 g/mol. The summed E-state index contributed by atoms with van der Waals surface area (Å²) < 4.78 is 27.3. The summed E-state index contributed by atoms with van der Waals surface area (Å²) in [4.78, 5) is 11.7. The third-order valence-corrected chi connectivity index (χ3v) is 6.32. The summed E-state index contributed by atoms with van der Waals surface area (Å²) in [7, 11) is -3.96. The van der Waals surface area contributed by atoms with Crippen LogP contribution in [-0.2, 0) is 26.7 Å². The Kier molecular flexibility index (Phi) is 4.11. The van der Waals surface area contributed by atoms with E-state index in [2.05, 4.69) is 0 Å². The molecule has 2 aromatic rings. The van der Waals surface area contributed by atoms with Crippen molar-refractivity contribution in [3.05, 3.63) is 59.7 Å². The van der Waals surface area contributed by atoms with E-state index < -0.39 is 22.0 Å². The minimum absolute atomic E-state index is 0.0911. The van der Waals surface area contributed by atoms with E-state index in [0.717, 1.165) is 15.4 Å². The summed E-state index contributed by atoms with van der Waals surface area (Å²) in [6.07, 6.45) is 0.171. The lowest BCUT2D eigenvalue weighted by Crippen LogP contribution is -2.42. The van der Waals surface area contributed by atoms with Crippen molar-refractivity contribution < 1.29 is 18.3 Å². The molecule has 0 aliphatic carbocycles. The number of hydrogen-bond acceptors (Lipinski definition) is 3. The standard InChI is InChI=1S/C19H21NO4S/c1-19(2,3)14-8-10-15(11-9-14)25(23,24)20-16-7-5-4-6-13(16)12-17(20)18(21)22/h4-11,17H,12H2,1-3H3,(H,21,22)/t17-/m0/s1. The fourth-order valence-corrected chi connectivity index (χ4v) is 4.73. The summed E-state index contributed by atoms with van der Waals surface area (Å²) in [6.45, 7) is 6.15. The van der Waals surface area contributed by atoms with Gasteiger partial charge >= 0.3 is 5.97 Å². The van der Waals surface area contributed by atoms with Crippen LogP contribution < -0.4 is 4.31 Å². The monoisotopic (exact) mass is 359 g/mol. The first-order valence-corrected chi connectivity index (χ1v) is 9.52. The van der Waals surface area contributed by atoms with Crippen molar-refractivity contribution in [2.75, 3.05) is 4.31 Å². The van der Waals surface area contributed by atoms with Crippen molar-refractivity contribution in [1.82, 2.24) is 0 Å².